The highest BCUT2D eigenvalue weighted by Gasteiger charge is 2.03. The first-order chi connectivity index (χ1) is 8.77. The first kappa shape index (κ1) is 12.6. The Morgan fingerprint density at radius 1 is 1.22 bits per heavy atom. The molecular weight excluding hydrogens is 253 g/mol. The summed E-state index contributed by atoms with van der Waals surface area (Å²) in [4.78, 5) is 8.01. The predicted octanol–water partition coefficient (Wildman–Crippen LogP) is 2.37. The van der Waals surface area contributed by atoms with Crippen LogP contribution >= 0.6 is 11.8 Å². The zero-order valence-corrected chi connectivity index (χ0v) is 10.4. The summed E-state index contributed by atoms with van der Waals surface area (Å²) in [5, 5.41) is 0.662. The number of hydrogen-bond acceptors (Lipinski definition) is 5. The number of anilines is 1. The van der Waals surface area contributed by atoms with E-state index < -0.39 is 0 Å². The third-order valence-corrected chi connectivity index (χ3v) is 3.07. The van der Waals surface area contributed by atoms with E-state index in [1.165, 1.54) is 24.0 Å². The van der Waals surface area contributed by atoms with Crippen LogP contribution in [0.5, 0.6) is 5.75 Å². The van der Waals surface area contributed by atoms with E-state index in [1.807, 2.05) is 0 Å². The van der Waals surface area contributed by atoms with E-state index >= 15 is 0 Å². The van der Waals surface area contributed by atoms with Crippen LogP contribution in [-0.4, -0.2) is 22.3 Å². The van der Waals surface area contributed by atoms with E-state index in [2.05, 4.69) is 9.97 Å². The quantitative estimate of drug-likeness (QED) is 0.664. The van der Waals surface area contributed by atoms with Gasteiger partial charge in [-0.25, -0.2) is 14.4 Å². The van der Waals surface area contributed by atoms with Crippen molar-refractivity contribution in [2.24, 2.45) is 0 Å². The van der Waals surface area contributed by atoms with E-state index in [0.29, 0.717) is 23.2 Å². The minimum atomic E-state index is -0.360. The molecule has 0 aliphatic carbocycles. The zero-order valence-electron chi connectivity index (χ0n) is 9.54. The van der Waals surface area contributed by atoms with Crippen molar-refractivity contribution in [3.8, 4) is 5.75 Å². The number of nitrogens with two attached hydrogens (primary N) is 1. The molecule has 0 amide bonds. The molecule has 0 aliphatic rings. The lowest BCUT2D eigenvalue weighted by molar-refractivity contribution is 0.325. The average Bonchev–Trinajstić information content (AvgIpc) is 2.38. The van der Waals surface area contributed by atoms with Crippen molar-refractivity contribution in [2.45, 2.75) is 5.03 Å². The van der Waals surface area contributed by atoms with E-state index in [1.54, 1.807) is 24.4 Å². The summed E-state index contributed by atoms with van der Waals surface area (Å²) in [7, 11) is 0. The van der Waals surface area contributed by atoms with Crippen LogP contribution in [-0.2, 0) is 0 Å². The monoisotopic (exact) mass is 265 g/mol. The number of aromatic nitrogens is 2. The summed E-state index contributed by atoms with van der Waals surface area (Å²) in [5.41, 5.74) is 5.64. The van der Waals surface area contributed by atoms with Crippen molar-refractivity contribution in [1.82, 2.24) is 9.97 Å². The summed E-state index contributed by atoms with van der Waals surface area (Å²) < 4.78 is 18.5. The Labute approximate surface area is 108 Å². The van der Waals surface area contributed by atoms with Crippen LogP contribution in [0.2, 0.25) is 0 Å². The van der Waals surface area contributed by atoms with Crippen LogP contribution in [0.25, 0.3) is 0 Å². The van der Waals surface area contributed by atoms with E-state index in [-0.39, 0.29) is 11.6 Å². The minimum Gasteiger partial charge on any atom is -0.490 e. The number of nitrogens with zero attached hydrogens (tertiary/aromatic N) is 2. The van der Waals surface area contributed by atoms with Crippen molar-refractivity contribution in [2.75, 3.05) is 18.1 Å². The van der Waals surface area contributed by atoms with Gasteiger partial charge in [-0.2, -0.15) is 0 Å². The Morgan fingerprint density at radius 3 is 2.78 bits per heavy atom. The normalized spacial score (nSPS) is 10.3. The van der Waals surface area contributed by atoms with Gasteiger partial charge in [0, 0.05) is 18.1 Å². The molecule has 0 bridgehead atoms. The van der Waals surface area contributed by atoms with Crippen LogP contribution < -0.4 is 10.5 Å². The van der Waals surface area contributed by atoms with Crippen molar-refractivity contribution in [3.63, 3.8) is 0 Å². The lowest BCUT2D eigenvalue weighted by Crippen LogP contribution is -2.03. The SMILES string of the molecule is Nc1nccnc1SCCOc1ccccc1F. The molecule has 18 heavy (non-hydrogen) atoms. The van der Waals surface area contributed by atoms with Gasteiger partial charge in [-0.1, -0.05) is 23.9 Å². The maximum Gasteiger partial charge on any atom is 0.165 e. The molecule has 4 nitrogen and oxygen atoms in total. The fourth-order valence-electron chi connectivity index (χ4n) is 1.30. The lowest BCUT2D eigenvalue weighted by Gasteiger charge is -2.06. The van der Waals surface area contributed by atoms with Gasteiger partial charge in [-0.05, 0) is 12.1 Å². The van der Waals surface area contributed by atoms with Gasteiger partial charge in [0.1, 0.15) is 5.03 Å². The van der Waals surface area contributed by atoms with Gasteiger partial charge in [0.25, 0.3) is 0 Å². The van der Waals surface area contributed by atoms with Gasteiger partial charge < -0.3 is 10.5 Å². The van der Waals surface area contributed by atoms with Crippen LogP contribution in [0, 0.1) is 5.82 Å². The molecule has 2 N–H and O–H groups in total. The number of ether oxygens (including phenoxy) is 1. The first-order valence-electron chi connectivity index (χ1n) is 5.34. The van der Waals surface area contributed by atoms with Gasteiger partial charge in [0.2, 0.25) is 0 Å². The molecule has 0 saturated heterocycles. The Balaban J connectivity index is 1.80. The first-order valence-corrected chi connectivity index (χ1v) is 6.32. The lowest BCUT2D eigenvalue weighted by atomic mass is 10.3. The van der Waals surface area contributed by atoms with E-state index in [4.69, 9.17) is 10.5 Å². The summed E-state index contributed by atoms with van der Waals surface area (Å²) in [5.74, 6) is 0.914. The number of hydrogen-bond donors (Lipinski definition) is 1. The number of thioether (sulfide) groups is 1. The van der Waals surface area contributed by atoms with E-state index in [9.17, 15) is 4.39 Å². The standard InChI is InChI=1S/C12H12FN3OS/c13-9-3-1-2-4-10(9)17-7-8-18-12-11(14)15-5-6-16-12/h1-6H,7-8H2,(H2,14,15). The molecule has 0 atom stereocenters. The Hall–Kier alpha value is -1.82. The summed E-state index contributed by atoms with van der Waals surface area (Å²) >= 11 is 1.43. The van der Waals surface area contributed by atoms with Crippen molar-refractivity contribution in [1.29, 1.82) is 0 Å². The number of rotatable bonds is 5. The topological polar surface area (TPSA) is 61.0 Å². The Bertz CT molecular complexity index is 477. The van der Waals surface area contributed by atoms with Gasteiger partial charge >= 0.3 is 0 Å². The molecule has 2 aromatic rings. The maximum atomic E-state index is 13.2. The molecule has 1 heterocycles. The highest BCUT2D eigenvalue weighted by atomic mass is 32.2. The molecule has 0 spiro atoms. The molecule has 0 aliphatic heterocycles. The number of para-hydroxylation sites is 1. The summed E-state index contributed by atoms with van der Waals surface area (Å²) in [6, 6.07) is 6.31. The van der Waals surface area contributed by atoms with Gasteiger partial charge in [0.05, 0.1) is 6.61 Å². The van der Waals surface area contributed by atoms with Crippen LogP contribution in [0.1, 0.15) is 0 Å². The zero-order chi connectivity index (χ0) is 12.8. The van der Waals surface area contributed by atoms with Crippen molar-refractivity contribution < 1.29 is 9.13 Å². The second-order valence-electron chi connectivity index (χ2n) is 3.37. The molecule has 2 rings (SSSR count). The van der Waals surface area contributed by atoms with E-state index in [0.717, 1.165) is 0 Å². The molecule has 94 valence electrons. The molecule has 0 saturated carbocycles. The van der Waals surface area contributed by atoms with Crippen molar-refractivity contribution in [3.05, 3.63) is 42.5 Å². The van der Waals surface area contributed by atoms with Gasteiger partial charge in [-0.3, -0.25) is 0 Å². The highest BCUT2D eigenvalue weighted by molar-refractivity contribution is 7.99. The second kappa shape index (κ2) is 6.20. The molecular formula is C12H12FN3OS. The van der Waals surface area contributed by atoms with Crippen LogP contribution in [0.3, 0.4) is 0 Å². The summed E-state index contributed by atoms with van der Waals surface area (Å²) in [6.45, 7) is 0.377. The van der Waals surface area contributed by atoms with Crippen molar-refractivity contribution >= 4 is 17.6 Å². The smallest absolute Gasteiger partial charge is 0.165 e. The largest absolute Gasteiger partial charge is 0.490 e. The third-order valence-electron chi connectivity index (χ3n) is 2.11. The predicted molar refractivity (Wildman–Crippen MR) is 69.1 cm³/mol. The van der Waals surface area contributed by atoms with Crippen LogP contribution in [0.4, 0.5) is 10.2 Å². The van der Waals surface area contributed by atoms with Gasteiger partial charge in [0.15, 0.2) is 17.4 Å². The maximum absolute atomic E-state index is 13.2. The molecule has 0 unspecified atom stereocenters. The molecule has 1 aromatic carbocycles. The highest BCUT2D eigenvalue weighted by Crippen LogP contribution is 2.20. The molecule has 0 fully saturated rings. The van der Waals surface area contributed by atoms with Crippen LogP contribution in [0.15, 0.2) is 41.7 Å². The van der Waals surface area contributed by atoms with Gasteiger partial charge in [-0.15, -0.1) is 0 Å². The summed E-state index contributed by atoms with van der Waals surface area (Å²) in [6.07, 6.45) is 3.12. The number of benzene rings is 1. The average molecular weight is 265 g/mol. The number of halogens is 1. The fourth-order valence-corrected chi connectivity index (χ4v) is 1.99. The Morgan fingerprint density at radius 2 is 2.00 bits per heavy atom. The molecule has 1 aromatic heterocycles. The second-order valence-corrected chi connectivity index (χ2v) is 4.46. The minimum absolute atomic E-state index is 0.255. The fraction of sp³-hybridized carbons (Fsp3) is 0.167. The third kappa shape index (κ3) is 3.33. The molecule has 6 heteroatoms. The molecule has 0 radical (unpaired) electrons. The Kier molecular flexibility index (Phi) is 4.35. The number of nitrogen functional groups attached to an aromatic ring is 1.